The van der Waals surface area contributed by atoms with Crippen LogP contribution in [0.4, 0.5) is 0 Å². The highest BCUT2D eigenvalue weighted by molar-refractivity contribution is 7.99. The topological polar surface area (TPSA) is 62.6 Å². The average Bonchev–Trinajstić information content (AvgIpc) is 2.76. The standard InChI is InChI=1S/C21H22N2O4S/c1-25-16-8-6-15(7-9-16)12-23-20(24)18-4-2-3-5-19(18)22-21(23)28-13-17-10-11-26-14-27-17/h2-9,17H,10-14H2,1H3/t17-/m1/s1. The maximum absolute atomic E-state index is 13.2. The lowest BCUT2D eigenvalue weighted by atomic mass is 10.2. The van der Waals surface area contributed by atoms with E-state index < -0.39 is 0 Å². The van der Waals surface area contributed by atoms with Gasteiger partial charge in [0.25, 0.3) is 5.56 Å². The molecule has 7 heteroatoms. The lowest BCUT2D eigenvalue weighted by Gasteiger charge is -2.22. The fraction of sp³-hybridized carbons (Fsp3) is 0.333. The van der Waals surface area contributed by atoms with Gasteiger partial charge in [0.1, 0.15) is 12.5 Å². The highest BCUT2D eigenvalue weighted by atomic mass is 32.2. The molecule has 1 saturated heterocycles. The fourth-order valence-electron chi connectivity index (χ4n) is 3.11. The molecule has 1 fully saturated rings. The van der Waals surface area contributed by atoms with Crippen LogP contribution in [0.15, 0.2) is 58.5 Å². The number of methoxy groups -OCH3 is 1. The van der Waals surface area contributed by atoms with Crippen LogP contribution in [0.5, 0.6) is 5.75 Å². The van der Waals surface area contributed by atoms with Crippen LogP contribution in [0, 0.1) is 0 Å². The number of para-hydroxylation sites is 1. The molecule has 1 aliphatic heterocycles. The van der Waals surface area contributed by atoms with Gasteiger partial charge in [-0.15, -0.1) is 0 Å². The predicted octanol–water partition coefficient (Wildman–Crippen LogP) is 3.31. The minimum Gasteiger partial charge on any atom is -0.497 e. The number of aromatic nitrogens is 2. The van der Waals surface area contributed by atoms with Crippen LogP contribution in [-0.4, -0.2) is 41.9 Å². The van der Waals surface area contributed by atoms with Crippen LogP contribution >= 0.6 is 11.8 Å². The Labute approximate surface area is 167 Å². The van der Waals surface area contributed by atoms with Gasteiger partial charge in [0.2, 0.25) is 0 Å². The van der Waals surface area contributed by atoms with Crippen LogP contribution in [0.3, 0.4) is 0 Å². The summed E-state index contributed by atoms with van der Waals surface area (Å²) < 4.78 is 17.8. The molecular formula is C21H22N2O4S. The minimum absolute atomic E-state index is 0.0307. The summed E-state index contributed by atoms with van der Waals surface area (Å²) in [7, 11) is 1.64. The quantitative estimate of drug-likeness (QED) is 0.469. The third-order valence-corrected chi connectivity index (χ3v) is 5.80. The van der Waals surface area contributed by atoms with E-state index in [9.17, 15) is 4.79 Å². The first-order valence-electron chi connectivity index (χ1n) is 9.19. The summed E-state index contributed by atoms with van der Waals surface area (Å²) >= 11 is 1.56. The molecule has 6 nitrogen and oxygen atoms in total. The summed E-state index contributed by atoms with van der Waals surface area (Å²) in [6.45, 7) is 1.49. The van der Waals surface area contributed by atoms with Crippen LogP contribution < -0.4 is 10.3 Å². The molecule has 146 valence electrons. The number of thioether (sulfide) groups is 1. The van der Waals surface area contributed by atoms with E-state index in [0.29, 0.717) is 36.0 Å². The van der Waals surface area contributed by atoms with Gasteiger partial charge in [-0.05, 0) is 36.2 Å². The predicted molar refractivity (Wildman–Crippen MR) is 109 cm³/mol. The lowest BCUT2D eigenvalue weighted by molar-refractivity contribution is -0.130. The monoisotopic (exact) mass is 398 g/mol. The number of fused-ring (bicyclic) bond motifs is 1. The minimum atomic E-state index is -0.0307. The zero-order valence-electron chi connectivity index (χ0n) is 15.7. The Hall–Kier alpha value is -2.35. The van der Waals surface area contributed by atoms with Crippen LogP contribution in [0.1, 0.15) is 12.0 Å². The van der Waals surface area contributed by atoms with Crippen LogP contribution in [0.2, 0.25) is 0 Å². The summed E-state index contributed by atoms with van der Waals surface area (Å²) in [5.41, 5.74) is 1.70. The van der Waals surface area contributed by atoms with E-state index in [1.807, 2.05) is 48.5 Å². The number of rotatable bonds is 6. The Balaban J connectivity index is 1.66. The van der Waals surface area contributed by atoms with Gasteiger partial charge >= 0.3 is 0 Å². The molecule has 0 N–H and O–H groups in total. The van der Waals surface area contributed by atoms with Gasteiger partial charge in [-0.2, -0.15) is 0 Å². The van der Waals surface area contributed by atoms with Crippen LogP contribution in [-0.2, 0) is 16.0 Å². The third kappa shape index (κ3) is 4.22. The van der Waals surface area contributed by atoms with E-state index in [1.165, 1.54) is 0 Å². The molecule has 0 aliphatic carbocycles. The van der Waals surface area contributed by atoms with Gasteiger partial charge in [-0.25, -0.2) is 4.98 Å². The Bertz CT molecular complexity index is 997. The van der Waals surface area contributed by atoms with E-state index in [0.717, 1.165) is 23.5 Å². The Morgan fingerprint density at radius 3 is 2.79 bits per heavy atom. The molecule has 3 aromatic rings. The molecular weight excluding hydrogens is 376 g/mol. The first-order chi connectivity index (χ1) is 13.7. The summed E-state index contributed by atoms with van der Waals surface area (Å²) in [6, 6.07) is 15.2. The Morgan fingerprint density at radius 1 is 1.21 bits per heavy atom. The van der Waals surface area contributed by atoms with Gasteiger partial charge < -0.3 is 14.2 Å². The zero-order chi connectivity index (χ0) is 19.3. The molecule has 1 aliphatic rings. The van der Waals surface area contributed by atoms with E-state index in [-0.39, 0.29) is 11.7 Å². The SMILES string of the molecule is COc1ccc(Cn2c(SC[C@H]3CCOCO3)nc3ccccc3c2=O)cc1. The van der Waals surface area contributed by atoms with Gasteiger partial charge in [0, 0.05) is 5.75 Å². The molecule has 0 amide bonds. The van der Waals surface area contributed by atoms with Gasteiger partial charge in [0.15, 0.2) is 5.16 Å². The van der Waals surface area contributed by atoms with Gasteiger partial charge in [0.05, 0.1) is 37.3 Å². The van der Waals surface area contributed by atoms with Gasteiger partial charge in [-0.3, -0.25) is 9.36 Å². The summed E-state index contributed by atoms with van der Waals surface area (Å²) in [6.07, 6.45) is 0.958. The molecule has 1 aromatic heterocycles. The summed E-state index contributed by atoms with van der Waals surface area (Å²) in [5.74, 6) is 1.52. The Kier molecular flexibility index (Phi) is 5.95. The molecule has 0 spiro atoms. The van der Waals surface area contributed by atoms with E-state index in [2.05, 4.69) is 0 Å². The van der Waals surface area contributed by atoms with Crippen molar-refractivity contribution in [1.29, 1.82) is 0 Å². The van der Waals surface area contributed by atoms with Crippen molar-refractivity contribution in [1.82, 2.24) is 9.55 Å². The first kappa shape index (κ1) is 19.0. The second kappa shape index (κ2) is 8.77. The Morgan fingerprint density at radius 2 is 2.04 bits per heavy atom. The fourth-order valence-corrected chi connectivity index (χ4v) is 4.18. The number of hydrogen-bond donors (Lipinski definition) is 0. The number of hydrogen-bond acceptors (Lipinski definition) is 6. The van der Waals surface area contributed by atoms with Crippen molar-refractivity contribution in [2.45, 2.75) is 24.2 Å². The molecule has 1 atom stereocenters. The molecule has 0 radical (unpaired) electrons. The second-order valence-electron chi connectivity index (χ2n) is 6.57. The molecule has 2 aromatic carbocycles. The zero-order valence-corrected chi connectivity index (χ0v) is 16.5. The van der Waals surface area contributed by atoms with Crippen molar-refractivity contribution in [3.05, 3.63) is 64.4 Å². The number of ether oxygens (including phenoxy) is 3. The molecule has 2 heterocycles. The molecule has 0 saturated carbocycles. The van der Waals surface area contributed by atoms with Gasteiger partial charge in [-0.1, -0.05) is 36.0 Å². The number of benzene rings is 2. The van der Waals surface area contributed by atoms with Crippen molar-refractivity contribution in [2.24, 2.45) is 0 Å². The van der Waals surface area contributed by atoms with Crippen molar-refractivity contribution < 1.29 is 14.2 Å². The maximum Gasteiger partial charge on any atom is 0.262 e. The van der Waals surface area contributed by atoms with Crippen molar-refractivity contribution in [3.63, 3.8) is 0 Å². The van der Waals surface area contributed by atoms with Crippen LogP contribution in [0.25, 0.3) is 10.9 Å². The van der Waals surface area contributed by atoms with E-state index in [4.69, 9.17) is 19.2 Å². The third-order valence-electron chi connectivity index (χ3n) is 4.70. The molecule has 4 rings (SSSR count). The van der Waals surface area contributed by atoms with Crippen molar-refractivity contribution in [2.75, 3.05) is 26.3 Å². The second-order valence-corrected chi connectivity index (χ2v) is 7.55. The summed E-state index contributed by atoms with van der Waals surface area (Å²) in [4.78, 5) is 17.9. The first-order valence-corrected chi connectivity index (χ1v) is 10.2. The normalized spacial score (nSPS) is 17.0. The largest absolute Gasteiger partial charge is 0.497 e. The molecule has 0 unspecified atom stereocenters. The summed E-state index contributed by atoms with van der Waals surface area (Å²) in [5, 5.41) is 1.33. The highest BCUT2D eigenvalue weighted by Crippen LogP contribution is 2.23. The average molecular weight is 398 g/mol. The highest BCUT2D eigenvalue weighted by Gasteiger charge is 2.18. The number of nitrogens with zero attached hydrogens (tertiary/aromatic N) is 2. The van der Waals surface area contributed by atoms with Crippen molar-refractivity contribution in [3.8, 4) is 5.75 Å². The maximum atomic E-state index is 13.2. The van der Waals surface area contributed by atoms with E-state index >= 15 is 0 Å². The molecule has 0 bridgehead atoms. The van der Waals surface area contributed by atoms with Crippen molar-refractivity contribution >= 4 is 22.7 Å². The van der Waals surface area contributed by atoms with E-state index in [1.54, 1.807) is 23.4 Å². The lowest BCUT2D eigenvalue weighted by Crippen LogP contribution is -2.27. The smallest absolute Gasteiger partial charge is 0.262 e. The molecule has 28 heavy (non-hydrogen) atoms.